The van der Waals surface area contributed by atoms with Crippen molar-refractivity contribution in [2.24, 2.45) is 0 Å². The van der Waals surface area contributed by atoms with Crippen LogP contribution in [0.5, 0.6) is 0 Å². The Labute approximate surface area is 94.0 Å². The van der Waals surface area contributed by atoms with Crippen molar-refractivity contribution in [3.8, 4) is 0 Å². The first kappa shape index (κ1) is 12.7. The van der Waals surface area contributed by atoms with Crippen molar-refractivity contribution in [3.63, 3.8) is 0 Å². The second kappa shape index (κ2) is 4.67. The summed E-state index contributed by atoms with van der Waals surface area (Å²) in [6, 6.07) is 2.99. The summed E-state index contributed by atoms with van der Waals surface area (Å²) in [7, 11) is 2.75. The third-order valence-electron chi connectivity index (χ3n) is 2.64. The first-order valence-corrected chi connectivity index (χ1v) is 4.87. The third-order valence-corrected chi connectivity index (χ3v) is 2.64. The van der Waals surface area contributed by atoms with Gasteiger partial charge >= 0.3 is 5.97 Å². The largest absolute Gasteiger partial charge is 0.463 e. The topological polar surface area (TPSA) is 68.9 Å². The van der Waals surface area contributed by atoms with Crippen molar-refractivity contribution in [2.75, 3.05) is 14.2 Å². The maximum Gasteiger partial charge on any atom is 0.373 e. The van der Waals surface area contributed by atoms with Gasteiger partial charge in [-0.2, -0.15) is 0 Å². The van der Waals surface area contributed by atoms with Crippen LogP contribution in [0.1, 0.15) is 30.2 Å². The first-order valence-electron chi connectivity index (χ1n) is 4.87. The summed E-state index contributed by atoms with van der Waals surface area (Å²) in [5, 5.41) is 10.2. The highest BCUT2D eigenvalue weighted by Crippen LogP contribution is 2.28. The second-order valence-electron chi connectivity index (χ2n) is 3.68. The summed E-state index contributed by atoms with van der Waals surface area (Å²) >= 11 is 0. The normalized spacial score (nSPS) is 16.6. The van der Waals surface area contributed by atoms with E-state index in [9.17, 15) is 9.90 Å². The van der Waals surface area contributed by atoms with Gasteiger partial charge in [0.25, 0.3) is 0 Å². The Hall–Kier alpha value is -1.33. The van der Waals surface area contributed by atoms with E-state index in [0.717, 1.165) is 0 Å². The van der Waals surface area contributed by atoms with Gasteiger partial charge in [0.1, 0.15) is 11.4 Å². The molecule has 1 rings (SSSR count). The molecule has 0 aromatic carbocycles. The maximum atomic E-state index is 11.2. The van der Waals surface area contributed by atoms with E-state index in [1.165, 1.54) is 26.4 Å². The lowest BCUT2D eigenvalue weighted by molar-refractivity contribution is -0.0895. The molecule has 0 saturated heterocycles. The van der Waals surface area contributed by atoms with Crippen LogP contribution in [0.3, 0.4) is 0 Å². The molecule has 2 unspecified atom stereocenters. The highest BCUT2D eigenvalue weighted by molar-refractivity contribution is 5.86. The van der Waals surface area contributed by atoms with Crippen LogP contribution in [0, 0.1) is 0 Å². The summed E-state index contributed by atoms with van der Waals surface area (Å²) in [4.78, 5) is 11.2. The van der Waals surface area contributed by atoms with Gasteiger partial charge in [0.15, 0.2) is 0 Å². The van der Waals surface area contributed by atoms with Crippen LogP contribution in [-0.2, 0) is 15.1 Å². The maximum absolute atomic E-state index is 11.2. The molecule has 0 fully saturated rings. The molecule has 5 heteroatoms. The molecule has 0 bridgehead atoms. The van der Waals surface area contributed by atoms with E-state index < -0.39 is 17.7 Å². The van der Waals surface area contributed by atoms with Crippen molar-refractivity contribution in [1.29, 1.82) is 0 Å². The smallest absolute Gasteiger partial charge is 0.373 e. The standard InChI is InChI=1S/C11H16O5/c1-7(14-3)11(2,13)9-6-5-8(16-9)10(12)15-4/h5-7,13H,1-4H3. The Morgan fingerprint density at radius 3 is 2.62 bits per heavy atom. The van der Waals surface area contributed by atoms with E-state index in [4.69, 9.17) is 9.15 Å². The lowest BCUT2D eigenvalue weighted by Crippen LogP contribution is -2.35. The molecule has 0 aliphatic heterocycles. The fourth-order valence-electron chi connectivity index (χ4n) is 1.25. The molecule has 90 valence electrons. The van der Waals surface area contributed by atoms with Crippen LogP contribution in [0.2, 0.25) is 0 Å². The van der Waals surface area contributed by atoms with Gasteiger partial charge in [-0.3, -0.25) is 0 Å². The number of rotatable bonds is 4. The van der Waals surface area contributed by atoms with Gasteiger partial charge < -0.3 is 19.0 Å². The van der Waals surface area contributed by atoms with Crippen LogP contribution in [0.4, 0.5) is 0 Å². The Morgan fingerprint density at radius 2 is 2.12 bits per heavy atom. The van der Waals surface area contributed by atoms with Crippen molar-refractivity contribution < 1.29 is 23.8 Å². The van der Waals surface area contributed by atoms with Crippen LogP contribution in [0.25, 0.3) is 0 Å². The molecule has 16 heavy (non-hydrogen) atoms. The van der Waals surface area contributed by atoms with Crippen molar-refractivity contribution in [3.05, 3.63) is 23.7 Å². The molecule has 0 saturated carbocycles. The van der Waals surface area contributed by atoms with E-state index in [0.29, 0.717) is 0 Å². The highest BCUT2D eigenvalue weighted by Gasteiger charge is 2.34. The van der Waals surface area contributed by atoms with Crippen LogP contribution < -0.4 is 0 Å². The summed E-state index contributed by atoms with van der Waals surface area (Å²) in [6.07, 6.45) is -0.454. The molecule has 0 aliphatic rings. The molecule has 0 radical (unpaired) electrons. The first-order chi connectivity index (χ1) is 7.43. The van der Waals surface area contributed by atoms with Gasteiger partial charge in [0, 0.05) is 7.11 Å². The minimum absolute atomic E-state index is 0.0566. The molecule has 1 N–H and O–H groups in total. The van der Waals surface area contributed by atoms with Crippen molar-refractivity contribution in [1.82, 2.24) is 0 Å². The Balaban J connectivity index is 2.97. The van der Waals surface area contributed by atoms with Gasteiger partial charge in [-0.05, 0) is 26.0 Å². The van der Waals surface area contributed by atoms with Gasteiger partial charge in [0.2, 0.25) is 5.76 Å². The third kappa shape index (κ3) is 2.25. The van der Waals surface area contributed by atoms with Crippen LogP contribution >= 0.6 is 0 Å². The SMILES string of the molecule is COC(=O)c1ccc(C(C)(O)C(C)OC)o1. The molecule has 1 aromatic rings. The molecule has 5 nitrogen and oxygen atoms in total. The Morgan fingerprint density at radius 1 is 1.50 bits per heavy atom. The summed E-state index contributed by atoms with van der Waals surface area (Å²) < 4.78 is 14.8. The minimum Gasteiger partial charge on any atom is -0.463 e. The number of methoxy groups -OCH3 is 2. The van der Waals surface area contributed by atoms with E-state index in [-0.39, 0.29) is 11.5 Å². The number of carbonyl (C=O) groups is 1. The lowest BCUT2D eigenvalue weighted by Gasteiger charge is -2.26. The highest BCUT2D eigenvalue weighted by atomic mass is 16.5. The Kier molecular flexibility index (Phi) is 3.72. The van der Waals surface area contributed by atoms with Gasteiger partial charge in [0.05, 0.1) is 13.2 Å². The average molecular weight is 228 g/mol. The van der Waals surface area contributed by atoms with Gasteiger partial charge in [-0.15, -0.1) is 0 Å². The van der Waals surface area contributed by atoms with E-state index >= 15 is 0 Å². The van der Waals surface area contributed by atoms with Crippen molar-refractivity contribution >= 4 is 5.97 Å². The fourth-order valence-corrected chi connectivity index (χ4v) is 1.25. The van der Waals surface area contributed by atoms with Gasteiger partial charge in [-0.1, -0.05) is 0 Å². The zero-order valence-electron chi connectivity index (χ0n) is 9.81. The Bertz CT molecular complexity index is 366. The zero-order valence-corrected chi connectivity index (χ0v) is 9.81. The molecule has 0 amide bonds. The molecule has 2 atom stereocenters. The number of carbonyl (C=O) groups excluding carboxylic acids is 1. The van der Waals surface area contributed by atoms with Gasteiger partial charge in [-0.25, -0.2) is 4.79 Å². The number of hydrogen-bond acceptors (Lipinski definition) is 5. The second-order valence-corrected chi connectivity index (χ2v) is 3.68. The number of ether oxygens (including phenoxy) is 2. The zero-order chi connectivity index (χ0) is 12.3. The molecule has 0 aliphatic carbocycles. The molecule has 1 heterocycles. The number of esters is 1. The monoisotopic (exact) mass is 228 g/mol. The summed E-state index contributed by atoms with van der Waals surface area (Å²) in [5.74, 6) is -0.254. The van der Waals surface area contributed by atoms with E-state index in [1.807, 2.05) is 0 Å². The summed E-state index contributed by atoms with van der Waals surface area (Å²) in [6.45, 7) is 3.27. The predicted molar refractivity (Wildman–Crippen MR) is 56.1 cm³/mol. The average Bonchev–Trinajstić information content (AvgIpc) is 2.76. The van der Waals surface area contributed by atoms with Crippen molar-refractivity contribution in [2.45, 2.75) is 25.6 Å². The quantitative estimate of drug-likeness (QED) is 0.787. The molecular formula is C11H16O5. The number of furan rings is 1. The van der Waals surface area contributed by atoms with Crippen LogP contribution in [-0.4, -0.2) is 31.4 Å². The fraction of sp³-hybridized carbons (Fsp3) is 0.545. The minimum atomic E-state index is -1.29. The van der Waals surface area contributed by atoms with E-state index in [2.05, 4.69) is 4.74 Å². The van der Waals surface area contributed by atoms with E-state index in [1.54, 1.807) is 13.8 Å². The number of hydrogen-bond donors (Lipinski definition) is 1. The predicted octanol–water partition coefficient (Wildman–Crippen LogP) is 1.31. The summed E-state index contributed by atoms with van der Waals surface area (Å²) in [5.41, 5.74) is -1.29. The molecule has 1 aromatic heterocycles. The number of aliphatic hydroxyl groups is 1. The molecule has 0 spiro atoms. The lowest BCUT2D eigenvalue weighted by atomic mass is 9.97. The molecular weight excluding hydrogens is 212 g/mol. The van der Waals surface area contributed by atoms with Crippen LogP contribution in [0.15, 0.2) is 16.5 Å².